The summed E-state index contributed by atoms with van der Waals surface area (Å²) in [7, 11) is 7.27. The number of carboxylic acid groups (broad SMARTS) is 1. The number of carbonyl (C=O) groups is 5. The van der Waals surface area contributed by atoms with Gasteiger partial charge >= 0.3 is 18.4 Å². The van der Waals surface area contributed by atoms with Crippen molar-refractivity contribution in [1.29, 1.82) is 0 Å². The molecule has 3 saturated heterocycles. The highest BCUT2D eigenvalue weighted by molar-refractivity contribution is 5.96. The van der Waals surface area contributed by atoms with Gasteiger partial charge in [-0.2, -0.15) is 26.3 Å². The number of amides is 5. The average Bonchev–Trinajstić information content (AvgIpc) is 1.61. The molecule has 10 rings (SSSR count). The highest BCUT2D eigenvalue weighted by Gasteiger charge is 2.50. The number of anilines is 2. The predicted octanol–water partition coefficient (Wildman–Crippen LogP) is 12.6. The van der Waals surface area contributed by atoms with Gasteiger partial charge in [0.15, 0.2) is 0 Å². The molecule has 6 aromatic carbocycles. The van der Waals surface area contributed by atoms with Gasteiger partial charge in [-0.3, -0.25) is 24.1 Å². The molecular formula is C74H85F7N8O8. The van der Waals surface area contributed by atoms with Crippen LogP contribution in [0.1, 0.15) is 106 Å². The summed E-state index contributed by atoms with van der Waals surface area (Å²) in [6.45, 7) is 5.11. The Morgan fingerprint density at radius 2 is 1.26 bits per heavy atom. The average molecular weight is 1350 g/mol. The molecule has 16 nitrogen and oxygen atoms in total. The maximum absolute atomic E-state index is 14.2. The second-order valence-electron chi connectivity index (χ2n) is 26.2. The Kier molecular flexibility index (Phi) is 22.8. The number of benzene rings is 6. The molecule has 1 aliphatic carbocycles. The third-order valence-electron chi connectivity index (χ3n) is 20.0. The zero-order chi connectivity index (χ0) is 69.2. The Labute approximate surface area is 562 Å². The van der Waals surface area contributed by atoms with Gasteiger partial charge in [0, 0.05) is 121 Å². The number of halogens is 7. The van der Waals surface area contributed by atoms with Crippen LogP contribution in [0.25, 0.3) is 11.1 Å². The second-order valence-corrected chi connectivity index (χ2v) is 26.2. The van der Waals surface area contributed by atoms with Gasteiger partial charge < -0.3 is 48.9 Å². The lowest BCUT2D eigenvalue weighted by molar-refractivity contribution is -0.143. The molecule has 0 radical (unpaired) electrons. The number of para-hydroxylation sites is 1. The SMILES string of the molecule is CN(CCN1CCC(N(C(=O)O)c2ccccc2-c2ccccc2)CC1)C(=O)CCCCN(C)c1ccc(C(=O)N(C)CCCN(C)C(=O)CO[C@H]2Cc3ccccc3C23CCN(CC[C@@]2(c4ccc(F)cc4)CN(C(=O)c4cc(C(F)(F)F)cc(C(F)(F)F)c4)CO2)CC3)cc1. The summed E-state index contributed by atoms with van der Waals surface area (Å²) in [6.07, 6.45) is -5.52. The van der Waals surface area contributed by atoms with E-state index in [2.05, 4.69) is 26.8 Å². The van der Waals surface area contributed by atoms with Crippen LogP contribution in [0.2, 0.25) is 0 Å². The zero-order valence-electron chi connectivity index (χ0n) is 55.3. The molecule has 4 aliphatic rings. The van der Waals surface area contributed by atoms with Gasteiger partial charge in [0.2, 0.25) is 11.8 Å². The summed E-state index contributed by atoms with van der Waals surface area (Å²) < 4.78 is 110. The van der Waals surface area contributed by atoms with Crippen LogP contribution in [0, 0.1) is 5.82 Å². The van der Waals surface area contributed by atoms with E-state index in [0.717, 1.165) is 65.3 Å². The summed E-state index contributed by atoms with van der Waals surface area (Å²) in [5, 5.41) is 10.4. The van der Waals surface area contributed by atoms with Crippen LogP contribution < -0.4 is 9.80 Å². The summed E-state index contributed by atoms with van der Waals surface area (Å²) in [5.41, 5.74) is 1.11. The first-order chi connectivity index (χ1) is 46.3. The van der Waals surface area contributed by atoms with Crippen molar-refractivity contribution in [2.24, 2.45) is 0 Å². The summed E-state index contributed by atoms with van der Waals surface area (Å²) in [5.74, 6) is -1.87. The third-order valence-corrected chi connectivity index (χ3v) is 20.0. The van der Waals surface area contributed by atoms with Gasteiger partial charge in [0.25, 0.3) is 11.8 Å². The molecule has 518 valence electrons. The first-order valence-corrected chi connectivity index (χ1v) is 33.2. The van der Waals surface area contributed by atoms with Crippen molar-refractivity contribution in [3.8, 4) is 11.1 Å². The van der Waals surface area contributed by atoms with Gasteiger partial charge in [-0.15, -0.1) is 0 Å². The van der Waals surface area contributed by atoms with Gasteiger partial charge in [-0.25, -0.2) is 9.18 Å². The van der Waals surface area contributed by atoms with E-state index in [-0.39, 0.29) is 55.5 Å². The molecule has 3 fully saturated rings. The summed E-state index contributed by atoms with van der Waals surface area (Å²) in [6, 6.07) is 39.1. The first-order valence-electron chi connectivity index (χ1n) is 33.2. The van der Waals surface area contributed by atoms with E-state index in [0.29, 0.717) is 120 Å². The quantitative estimate of drug-likeness (QED) is 0.0431. The van der Waals surface area contributed by atoms with Crippen LogP contribution in [0.3, 0.4) is 0 Å². The molecule has 3 aliphatic heterocycles. The molecule has 1 N–H and O–H groups in total. The van der Waals surface area contributed by atoms with E-state index in [1.807, 2.05) is 93.0 Å². The smallest absolute Gasteiger partial charge is 0.416 e. The Bertz CT molecular complexity index is 3660. The number of alkyl halides is 6. The van der Waals surface area contributed by atoms with E-state index in [9.17, 15) is 59.8 Å². The van der Waals surface area contributed by atoms with Crippen molar-refractivity contribution >= 4 is 41.1 Å². The molecule has 6 aromatic rings. The van der Waals surface area contributed by atoms with Crippen molar-refractivity contribution in [1.82, 2.24) is 29.4 Å². The number of rotatable bonds is 25. The number of ether oxygens (including phenoxy) is 2. The van der Waals surface area contributed by atoms with E-state index in [1.54, 1.807) is 40.9 Å². The third kappa shape index (κ3) is 17.1. The van der Waals surface area contributed by atoms with Crippen LogP contribution in [-0.4, -0.2) is 190 Å². The molecular weight excluding hydrogens is 1260 g/mol. The van der Waals surface area contributed by atoms with Crippen molar-refractivity contribution in [2.45, 2.75) is 99.7 Å². The monoisotopic (exact) mass is 1350 g/mol. The minimum atomic E-state index is -5.15. The van der Waals surface area contributed by atoms with E-state index >= 15 is 0 Å². The molecule has 23 heteroatoms. The van der Waals surface area contributed by atoms with E-state index in [1.165, 1.54) is 29.2 Å². The first kappa shape index (κ1) is 71.4. The number of piperidine rings is 2. The number of nitrogens with zero attached hydrogens (tertiary/aromatic N) is 8. The lowest BCUT2D eigenvalue weighted by Crippen LogP contribution is -2.50. The molecule has 0 aromatic heterocycles. The van der Waals surface area contributed by atoms with Crippen molar-refractivity contribution in [3.05, 3.63) is 190 Å². The van der Waals surface area contributed by atoms with Gasteiger partial charge in [-0.1, -0.05) is 84.9 Å². The van der Waals surface area contributed by atoms with Crippen molar-refractivity contribution in [2.75, 3.05) is 123 Å². The Morgan fingerprint density at radius 1 is 0.639 bits per heavy atom. The molecule has 97 heavy (non-hydrogen) atoms. The number of fused-ring (bicyclic) bond motifs is 2. The lowest BCUT2D eigenvalue weighted by Gasteiger charge is -2.44. The molecule has 3 heterocycles. The fourth-order valence-corrected chi connectivity index (χ4v) is 14.2. The van der Waals surface area contributed by atoms with Crippen LogP contribution in [0.4, 0.5) is 46.9 Å². The molecule has 0 saturated carbocycles. The molecule has 2 atom stereocenters. The number of hydrogen-bond acceptors (Lipinski definition) is 10. The van der Waals surface area contributed by atoms with E-state index in [4.69, 9.17) is 9.47 Å². The van der Waals surface area contributed by atoms with Crippen LogP contribution in [-0.2, 0) is 48.9 Å². The lowest BCUT2D eigenvalue weighted by atomic mass is 9.72. The highest BCUT2D eigenvalue weighted by atomic mass is 19.4. The largest absolute Gasteiger partial charge is 0.465 e. The maximum Gasteiger partial charge on any atom is 0.416 e. The van der Waals surface area contributed by atoms with Crippen molar-refractivity contribution < 1.29 is 69.3 Å². The number of unbranched alkanes of at least 4 members (excludes halogenated alkanes) is 1. The normalized spacial score (nSPS) is 18.2. The Morgan fingerprint density at radius 3 is 1.93 bits per heavy atom. The number of carbonyl (C=O) groups excluding carboxylic acids is 4. The van der Waals surface area contributed by atoms with Gasteiger partial charge in [-0.05, 0) is 154 Å². The van der Waals surface area contributed by atoms with E-state index < -0.39 is 64.6 Å². The standard InChI is InChI=1S/C74H85F7N8O8/c1-82(35-13-12-21-66(90)84(3)43-44-86-38-30-61(31-39-86)89(70(94)95)64-20-11-9-18-62(64)52-15-6-5-7-16-52)60-28-22-53(23-29-60)68(92)85(4)37-14-36-83(2)67(91)49-96-65-47-54-17-8-10-19-63(54)71(65)32-40-87(41-33-71)42-34-72(56-24-26-59(75)27-25-56)50-88(51-97-72)69(93)55-45-57(73(76,77)78)48-58(46-55)74(79,80)81/h5-11,15-20,22-29,45-46,48,61,65H,12-14,21,30-44,47,49-51H2,1-4H3,(H,94,95)/t65-,72-/m0/s1. The van der Waals surface area contributed by atoms with Gasteiger partial charge in [0.1, 0.15) is 24.8 Å². The number of hydrogen-bond donors (Lipinski definition) is 1. The molecule has 1 spiro atoms. The fraction of sp³-hybridized carbons (Fsp3) is 0.446. The van der Waals surface area contributed by atoms with Crippen LogP contribution in [0.5, 0.6) is 0 Å². The maximum atomic E-state index is 14.2. The molecule has 0 bridgehead atoms. The Balaban J connectivity index is 0.631. The second kappa shape index (κ2) is 31.0. The number of likely N-dealkylation sites (tertiary alicyclic amines) is 2. The summed E-state index contributed by atoms with van der Waals surface area (Å²) in [4.78, 5) is 81.1. The number of likely N-dealkylation sites (N-methyl/N-ethyl adjacent to an activating group) is 2. The molecule has 5 amide bonds. The summed E-state index contributed by atoms with van der Waals surface area (Å²) >= 11 is 0. The minimum absolute atomic E-state index is 0.0295. The fourth-order valence-electron chi connectivity index (χ4n) is 14.2. The highest BCUT2D eigenvalue weighted by Crippen LogP contribution is 2.49. The topological polar surface area (TPSA) is 150 Å². The zero-order valence-corrected chi connectivity index (χ0v) is 55.3. The Hall–Kier alpha value is -8.38. The predicted molar refractivity (Wildman–Crippen MR) is 356 cm³/mol. The van der Waals surface area contributed by atoms with Crippen molar-refractivity contribution in [3.63, 3.8) is 0 Å². The molecule has 0 unspecified atom stereocenters. The van der Waals surface area contributed by atoms with Crippen LogP contribution in [0.15, 0.2) is 146 Å². The minimum Gasteiger partial charge on any atom is -0.465 e. The van der Waals surface area contributed by atoms with Gasteiger partial charge in [0.05, 0.1) is 29.5 Å². The van der Waals surface area contributed by atoms with Crippen LogP contribution >= 0.6 is 0 Å².